The number of methoxy groups -OCH3 is 2. The molecule has 0 aromatic heterocycles. The molecule has 1 unspecified atom stereocenters. The molecule has 2 aromatic carbocycles. The van der Waals surface area contributed by atoms with Gasteiger partial charge in [-0.15, -0.1) is 0 Å². The zero-order chi connectivity index (χ0) is 20.1. The number of carbonyl (C=O) groups excluding carboxylic acids is 1. The van der Waals surface area contributed by atoms with Crippen LogP contribution < -0.4 is 19.9 Å². The number of likely N-dealkylation sites (tertiary alicyclic amines) is 1. The molecule has 0 aliphatic carbocycles. The predicted molar refractivity (Wildman–Crippen MR) is 108 cm³/mol. The van der Waals surface area contributed by atoms with Crippen molar-refractivity contribution in [3.63, 3.8) is 0 Å². The molecule has 0 spiro atoms. The summed E-state index contributed by atoms with van der Waals surface area (Å²) >= 11 is 0. The van der Waals surface area contributed by atoms with Gasteiger partial charge in [0.25, 0.3) is 5.91 Å². The molecule has 1 fully saturated rings. The van der Waals surface area contributed by atoms with Crippen molar-refractivity contribution in [3.8, 4) is 17.2 Å². The van der Waals surface area contributed by atoms with E-state index < -0.39 is 0 Å². The highest BCUT2D eigenvalue weighted by molar-refractivity contribution is 5.96. The first kappa shape index (κ1) is 20.0. The molecule has 2 aromatic rings. The van der Waals surface area contributed by atoms with E-state index in [-0.39, 0.29) is 11.3 Å². The maximum Gasteiger partial charge on any atom is 0.254 e. The topological polar surface area (TPSA) is 74.0 Å². The van der Waals surface area contributed by atoms with Crippen LogP contribution in [0, 0.1) is 5.41 Å². The van der Waals surface area contributed by atoms with Crippen molar-refractivity contribution in [3.05, 3.63) is 53.6 Å². The Kier molecular flexibility index (Phi) is 6.09. The maximum atomic E-state index is 13.0. The van der Waals surface area contributed by atoms with Crippen LogP contribution in [-0.4, -0.2) is 44.7 Å². The van der Waals surface area contributed by atoms with Crippen LogP contribution >= 0.6 is 0 Å². The summed E-state index contributed by atoms with van der Waals surface area (Å²) in [4.78, 5) is 14.8. The van der Waals surface area contributed by atoms with Crippen LogP contribution in [0.25, 0.3) is 0 Å². The molecule has 0 radical (unpaired) electrons. The second-order valence-electron chi connectivity index (χ2n) is 7.48. The summed E-state index contributed by atoms with van der Waals surface area (Å²) < 4.78 is 16.9. The maximum absolute atomic E-state index is 13.0. The Morgan fingerprint density at radius 3 is 2.32 bits per heavy atom. The lowest BCUT2D eigenvalue weighted by molar-refractivity contribution is 0.0776. The van der Waals surface area contributed by atoms with Gasteiger partial charge in [-0.05, 0) is 36.1 Å². The summed E-state index contributed by atoms with van der Waals surface area (Å²) in [6, 6.07) is 13.3. The molecule has 28 heavy (non-hydrogen) atoms. The van der Waals surface area contributed by atoms with Gasteiger partial charge in [0.2, 0.25) is 5.75 Å². The minimum atomic E-state index is -0.0524. The Morgan fingerprint density at radius 2 is 1.79 bits per heavy atom. The Balaban J connectivity index is 1.83. The van der Waals surface area contributed by atoms with Crippen molar-refractivity contribution in [1.29, 1.82) is 0 Å². The number of hydrogen-bond donors (Lipinski definition) is 1. The zero-order valence-corrected chi connectivity index (χ0v) is 16.7. The SMILES string of the molecule is COc1cc(C(=O)N2CCC(C)(CN)C2)cc(OC)c1OCc1ccccc1. The number of amides is 1. The molecule has 6 heteroatoms. The molecule has 1 heterocycles. The van der Waals surface area contributed by atoms with Crippen LogP contribution in [0.1, 0.15) is 29.3 Å². The molecule has 1 aliphatic heterocycles. The van der Waals surface area contributed by atoms with Crippen LogP contribution in [-0.2, 0) is 6.61 Å². The van der Waals surface area contributed by atoms with E-state index in [0.717, 1.165) is 12.0 Å². The van der Waals surface area contributed by atoms with Crippen molar-refractivity contribution in [2.24, 2.45) is 11.1 Å². The van der Waals surface area contributed by atoms with Crippen molar-refractivity contribution >= 4 is 5.91 Å². The van der Waals surface area contributed by atoms with Gasteiger partial charge in [0.05, 0.1) is 14.2 Å². The van der Waals surface area contributed by atoms with E-state index in [4.69, 9.17) is 19.9 Å². The van der Waals surface area contributed by atoms with Gasteiger partial charge in [-0.2, -0.15) is 0 Å². The fraction of sp³-hybridized carbons (Fsp3) is 0.409. The van der Waals surface area contributed by atoms with Gasteiger partial charge in [-0.3, -0.25) is 4.79 Å². The van der Waals surface area contributed by atoms with Gasteiger partial charge >= 0.3 is 0 Å². The molecule has 0 bridgehead atoms. The lowest BCUT2D eigenvalue weighted by Gasteiger charge is -2.23. The fourth-order valence-corrected chi connectivity index (χ4v) is 3.42. The zero-order valence-electron chi connectivity index (χ0n) is 16.7. The Labute approximate surface area is 166 Å². The lowest BCUT2D eigenvalue weighted by atomic mass is 9.90. The molecule has 1 atom stereocenters. The second kappa shape index (κ2) is 8.52. The van der Waals surface area contributed by atoms with E-state index >= 15 is 0 Å². The van der Waals surface area contributed by atoms with Crippen LogP contribution in [0.5, 0.6) is 17.2 Å². The third-order valence-electron chi connectivity index (χ3n) is 5.27. The average Bonchev–Trinajstić information content (AvgIpc) is 3.14. The minimum Gasteiger partial charge on any atom is -0.493 e. The van der Waals surface area contributed by atoms with Crippen molar-refractivity contribution in [2.75, 3.05) is 33.9 Å². The Morgan fingerprint density at radius 1 is 1.14 bits per heavy atom. The second-order valence-corrected chi connectivity index (χ2v) is 7.48. The average molecular weight is 384 g/mol. The normalized spacial score (nSPS) is 18.8. The van der Waals surface area contributed by atoms with Gasteiger partial charge in [0.1, 0.15) is 6.61 Å². The van der Waals surface area contributed by atoms with Crippen molar-refractivity contribution in [1.82, 2.24) is 4.90 Å². The fourth-order valence-electron chi connectivity index (χ4n) is 3.42. The number of carbonyl (C=O) groups is 1. The van der Waals surface area contributed by atoms with E-state index in [1.807, 2.05) is 35.2 Å². The third-order valence-corrected chi connectivity index (χ3v) is 5.27. The van der Waals surface area contributed by atoms with Gasteiger partial charge in [-0.25, -0.2) is 0 Å². The van der Waals surface area contributed by atoms with E-state index in [1.54, 1.807) is 26.4 Å². The van der Waals surface area contributed by atoms with Crippen LogP contribution in [0.2, 0.25) is 0 Å². The van der Waals surface area contributed by atoms with E-state index in [9.17, 15) is 4.79 Å². The van der Waals surface area contributed by atoms with Crippen molar-refractivity contribution < 1.29 is 19.0 Å². The molecular formula is C22H28N2O4. The quantitative estimate of drug-likeness (QED) is 0.794. The van der Waals surface area contributed by atoms with Crippen LogP contribution in [0.3, 0.4) is 0 Å². The first-order chi connectivity index (χ1) is 13.5. The van der Waals surface area contributed by atoms with E-state index in [0.29, 0.717) is 49.1 Å². The number of ether oxygens (including phenoxy) is 3. The summed E-state index contributed by atoms with van der Waals surface area (Å²) in [5.41, 5.74) is 7.39. The molecule has 3 rings (SSSR count). The predicted octanol–water partition coefficient (Wildman–Crippen LogP) is 3.09. The number of nitrogens with zero attached hydrogens (tertiary/aromatic N) is 1. The largest absolute Gasteiger partial charge is 0.493 e. The van der Waals surface area contributed by atoms with E-state index in [1.165, 1.54) is 0 Å². The molecular weight excluding hydrogens is 356 g/mol. The van der Waals surface area contributed by atoms with Gasteiger partial charge < -0.3 is 24.8 Å². The third kappa shape index (κ3) is 4.22. The summed E-state index contributed by atoms with van der Waals surface area (Å²) in [7, 11) is 3.11. The van der Waals surface area contributed by atoms with Gasteiger partial charge in [0, 0.05) is 18.7 Å². The first-order valence-corrected chi connectivity index (χ1v) is 9.42. The Hall–Kier alpha value is -2.73. The summed E-state index contributed by atoms with van der Waals surface area (Å²) in [6.45, 7) is 4.40. The Bertz CT molecular complexity index is 800. The van der Waals surface area contributed by atoms with Crippen LogP contribution in [0.4, 0.5) is 0 Å². The molecule has 0 saturated carbocycles. The molecule has 150 valence electrons. The molecule has 1 saturated heterocycles. The van der Waals surface area contributed by atoms with Crippen LogP contribution in [0.15, 0.2) is 42.5 Å². The molecule has 1 amide bonds. The summed E-state index contributed by atoms with van der Waals surface area (Å²) in [5.74, 6) is 1.38. The number of rotatable bonds is 7. The number of hydrogen-bond acceptors (Lipinski definition) is 5. The highest BCUT2D eigenvalue weighted by Crippen LogP contribution is 2.40. The highest BCUT2D eigenvalue weighted by Gasteiger charge is 2.35. The summed E-state index contributed by atoms with van der Waals surface area (Å²) in [6.07, 6.45) is 0.905. The standard InChI is InChI=1S/C22H28N2O4/c1-22(14-23)9-10-24(15-22)21(25)17-11-18(26-2)20(19(12-17)27-3)28-13-16-7-5-4-6-8-16/h4-8,11-12H,9-10,13-15,23H2,1-3H3. The number of benzene rings is 2. The molecule has 2 N–H and O–H groups in total. The monoisotopic (exact) mass is 384 g/mol. The van der Waals surface area contributed by atoms with Crippen molar-refractivity contribution in [2.45, 2.75) is 20.0 Å². The smallest absolute Gasteiger partial charge is 0.254 e. The highest BCUT2D eigenvalue weighted by atomic mass is 16.5. The summed E-state index contributed by atoms with van der Waals surface area (Å²) in [5, 5.41) is 0. The first-order valence-electron chi connectivity index (χ1n) is 9.42. The number of nitrogens with two attached hydrogens (primary N) is 1. The van der Waals surface area contributed by atoms with E-state index in [2.05, 4.69) is 6.92 Å². The molecule has 6 nitrogen and oxygen atoms in total. The minimum absolute atomic E-state index is 0.0252. The van der Waals surface area contributed by atoms with Gasteiger partial charge in [0.15, 0.2) is 11.5 Å². The lowest BCUT2D eigenvalue weighted by Crippen LogP contribution is -2.34. The van der Waals surface area contributed by atoms with Gasteiger partial charge in [-0.1, -0.05) is 37.3 Å². The molecule has 1 aliphatic rings.